The SMILES string of the molecule is CC(Br)CN(C)C(=O)C1CCCCS1. The van der Waals surface area contributed by atoms with Crippen LogP contribution in [-0.4, -0.2) is 40.2 Å². The molecule has 0 aliphatic carbocycles. The largest absolute Gasteiger partial charge is 0.344 e. The summed E-state index contributed by atoms with van der Waals surface area (Å²) in [7, 11) is 1.90. The van der Waals surface area contributed by atoms with Gasteiger partial charge in [0.05, 0.1) is 5.25 Å². The lowest BCUT2D eigenvalue weighted by Crippen LogP contribution is -2.38. The van der Waals surface area contributed by atoms with Crippen molar-refractivity contribution in [3.05, 3.63) is 0 Å². The summed E-state index contributed by atoms with van der Waals surface area (Å²) in [6.45, 7) is 2.87. The standard InChI is InChI=1S/C10H18BrNOS/c1-8(11)7-12(2)10(13)9-5-3-4-6-14-9/h8-9H,3-7H2,1-2H3. The first kappa shape index (κ1) is 12.4. The number of nitrogens with zero attached hydrogens (tertiary/aromatic N) is 1. The van der Waals surface area contributed by atoms with Gasteiger partial charge in [-0.1, -0.05) is 29.3 Å². The molecule has 4 heteroatoms. The molecule has 2 unspecified atom stereocenters. The molecule has 1 saturated heterocycles. The number of carbonyl (C=O) groups excluding carboxylic acids is 1. The molecule has 14 heavy (non-hydrogen) atoms. The summed E-state index contributed by atoms with van der Waals surface area (Å²) in [6.07, 6.45) is 3.54. The van der Waals surface area contributed by atoms with Crippen molar-refractivity contribution >= 4 is 33.6 Å². The highest BCUT2D eigenvalue weighted by Crippen LogP contribution is 2.26. The van der Waals surface area contributed by atoms with Crippen molar-refractivity contribution in [3.8, 4) is 0 Å². The number of halogens is 1. The molecule has 1 aliphatic rings. The van der Waals surface area contributed by atoms with Gasteiger partial charge in [-0.3, -0.25) is 4.79 Å². The second-order valence-electron chi connectivity index (χ2n) is 3.85. The molecule has 2 atom stereocenters. The number of hydrogen-bond donors (Lipinski definition) is 0. The van der Waals surface area contributed by atoms with Gasteiger partial charge in [0.1, 0.15) is 0 Å². The van der Waals surface area contributed by atoms with Crippen molar-refractivity contribution < 1.29 is 4.79 Å². The van der Waals surface area contributed by atoms with Crippen molar-refractivity contribution in [1.29, 1.82) is 0 Å². The maximum absolute atomic E-state index is 11.9. The molecular formula is C10H18BrNOS. The molecule has 1 rings (SSSR count). The van der Waals surface area contributed by atoms with Crippen LogP contribution < -0.4 is 0 Å². The quantitative estimate of drug-likeness (QED) is 0.740. The summed E-state index contributed by atoms with van der Waals surface area (Å²) in [6, 6.07) is 0. The summed E-state index contributed by atoms with van der Waals surface area (Å²) >= 11 is 5.29. The molecule has 1 heterocycles. The average Bonchev–Trinajstić information content (AvgIpc) is 2.17. The minimum atomic E-state index is 0.222. The molecular weight excluding hydrogens is 262 g/mol. The lowest BCUT2D eigenvalue weighted by atomic mass is 10.1. The van der Waals surface area contributed by atoms with Crippen LogP contribution in [-0.2, 0) is 4.79 Å². The fourth-order valence-corrected chi connectivity index (χ4v) is 3.39. The van der Waals surface area contributed by atoms with E-state index in [0.29, 0.717) is 10.7 Å². The number of alkyl halides is 1. The summed E-state index contributed by atoms with van der Waals surface area (Å²) in [4.78, 5) is 14.1. The van der Waals surface area contributed by atoms with E-state index in [2.05, 4.69) is 22.9 Å². The average molecular weight is 280 g/mol. The number of rotatable bonds is 3. The van der Waals surface area contributed by atoms with Crippen molar-refractivity contribution in [2.75, 3.05) is 19.3 Å². The number of amides is 1. The van der Waals surface area contributed by atoms with Crippen molar-refractivity contribution in [2.45, 2.75) is 36.3 Å². The molecule has 1 amide bonds. The van der Waals surface area contributed by atoms with Gasteiger partial charge >= 0.3 is 0 Å². The Bertz CT molecular complexity index is 193. The molecule has 0 saturated carbocycles. The second-order valence-corrected chi connectivity index (χ2v) is 6.73. The van der Waals surface area contributed by atoms with E-state index in [9.17, 15) is 4.79 Å². The minimum absolute atomic E-state index is 0.222. The normalized spacial score (nSPS) is 24.4. The molecule has 0 spiro atoms. The van der Waals surface area contributed by atoms with Gasteiger partial charge in [0.2, 0.25) is 5.91 Å². The first-order valence-corrected chi connectivity index (χ1v) is 7.08. The Morgan fingerprint density at radius 3 is 2.86 bits per heavy atom. The minimum Gasteiger partial charge on any atom is -0.344 e. The number of carbonyl (C=O) groups is 1. The molecule has 0 aromatic heterocycles. The molecule has 2 nitrogen and oxygen atoms in total. The zero-order valence-corrected chi connectivity index (χ0v) is 11.2. The van der Waals surface area contributed by atoms with Crippen molar-refractivity contribution in [2.24, 2.45) is 0 Å². The highest BCUT2D eigenvalue weighted by atomic mass is 79.9. The first-order valence-electron chi connectivity index (χ1n) is 5.12. The highest BCUT2D eigenvalue weighted by molar-refractivity contribution is 9.09. The Labute approximate surface area is 98.9 Å². The Morgan fingerprint density at radius 2 is 2.36 bits per heavy atom. The molecule has 1 aliphatic heterocycles. The zero-order valence-electron chi connectivity index (χ0n) is 8.83. The molecule has 0 radical (unpaired) electrons. The number of hydrogen-bond acceptors (Lipinski definition) is 2. The van der Waals surface area contributed by atoms with E-state index < -0.39 is 0 Å². The summed E-state index contributed by atoms with van der Waals surface area (Å²) in [5, 5.41) is 0.222. The van der Waals surface area contributed by atoms with Gasteiger partial charge in [0, 0.05) is 18.4 Å². The van der Waals surface area contributed by atoms with E-state index in [1.807, 2.05) is 23.7 Å². The fraction of sp³-hybridized carbons (Fsp3) is 0.900. The van der Waals surface area contributed by atoms with Crippen LogP contribution in [0.4, 0.5) is 0 Å². The highest BCUT2D eigenvalue weighted by Gasteiger charge is 2.24. The molecule has 0 N–H and O–H groups in total. The topological polar surface area (TPSA) is 20.3 Å². The van der Waals surface area contributed by atoms with Gasteiger partial charge in [-0.2, -0.15) is 0 Å². The van der Waals surface area contributed by atoms with Crippen LogP contribution in [0.25, 0.3) is 0 Å². The van der Waals surface area contributed by atoms with Crippen molar-refractivity contribution in [1.82, 2.24) is 4.90 Å². The van der Waals surface area contributed by atoms with E-state index in [1.165, 1.54) is 12.8 Å². The third kappa shape index (κ3) is 3.81. The van der Waals surface area contributed by atoms with Crippen molar-refractivity contribution in [3.63, 3.8) is 0 Å². The third-order valence-corrected chi connectivity index (χ3v) is 4.01. The van der Waals surface area contributed by atoms with Gasteiger partial charge in [-0.05, 0) is 18.6 Å². The Hall–Kier alpha value is 0.300. The maximum Gasteiger partial charge on any atom is 0.235 e. The predicted molar refractivity (Wildman–Crippen MR) is 66.1 cm³/mol. The third-order valence-electron chi connectivity index (χ3n) is 2.36. The van der Waals surface area contributed by atoms with Gasteiger partial charge in [-0.15, -0.1) is 11.8 Å². The Kier molecular flexibility index (Phi) is 5.31. The molecule has 0 aromatic rings. The maximum atomic E-state index is 11.9. The zero-order chi connectivity index (χ0) is 10.6. The van der Waals surface area contributed by atoms with Gasteiger partial charge in [0.15, 0.2) is 0 Å². The van der Waals surface area contributed by atoms with Crippen LogP contribution in [0.2, 0.25) is 0 Å². The molecule has 0 bridgehead atoms. The first-order chi connectivity index (χ1) is 6.61. The van der Waals surface area contributed by atoms with Crippen LogP contribution >= 0.6 is 27.7 Å². The van der Waals surface area contributed by atoms with Crippen LogP contribution in [0.5, 0.6) is 0 Å². The fourth-order valence-electron chi connectivity index (χ4n) is 1.65. The molecule has 0 aromatic carbocycles. The van der Waals surface area contributed by atoms with Crippen LogP contribution in [0, 0.1) is 0 Å². The van der Waals surface area contributed by atoms with E-state index in [1.54, 1.807) is 0 Å². The molecule has 82 valence electrons. The summed E-state index contributed by atoms with van der Waals surface area (Å²) in [5.41, 5.74) is 0. The van der Waals surface area contributed by atoms with Gasteiger partial charge in [0.25, 0.3) is 0 Å². The van der Waals surface area contributed by atoms with E-state index in [4.69, 9.17) is 0 Å². The second kappa shape index (κ2) is 6.01. The van der Waals surface area contributed by atoms with Gasteiger partial charge < -0.3 is 4.90 Å². The van der Waals surface area contributed by atoms with Gasteiger partial charge in [-0.25, -0.2) is 0 Å². The predicted octanol–water partition coefficient (Wildman–Crippen LogP) is 2.51. The summed E-state index contributed by atoms with van der Waals surface area (Å²) in [5.74, 6) is 1.45. The van der Waals surface area contributed by atoms with E-state index >= 15 is 0 Å². The Balaban J connectivity index is 2.38. The van der Waals surface area contributed by atoms with E-state index in [0.717, 1.165) is 18.7 Å². The van der Waals surface area contributed by atoms with Crippen LogP contribution in [0.1, 0.15) is 26.2 Å². The molecule has 1 fully saturated rings. The van der Waals surface area contributed by atoms with E-state index in [-0.39, 0.29) is 5.25 Å². The van der Waals surface area contributed by atoms with Crippen LogP contribution in [0.15, 0.2) is 0 Å². The smallest absolute Gasteiger partial charge is 0.235 e. The van der Waals surface area contributed by atoms with Crippen LogP contribution in [0.3, 0.4) is 0 Å². The number of thioether (sulfide) groups is 1. The summed E-state index contributed by atoms with van der Waals surface area (Å²) < 4.78 is 0. The Morgan fingerprint density at radius 1 is 1.64 bits per heavy atom. The lowest BCUT2D eigenvalue weighted by Gasteiger charge is -2.26. The monoisotopic (exact) mass is 279 g/mol. The lowest BCUT2D eigenvalue weighted by molar-refractivity contribution is -0.129.